The van der Waals surface area contributed by atoms with Crippen LogP contribution >= 0.6 is 0 Å². The van der Waals surface area contributed by atoms with Crippen LogP contribution in [0.5, 0.6) is 0 Å². The molecule has 148 valence electrons. The molecule has 1 N–H and O–H groups in total. The summed E-state index contributed by atoms with van der Waals surface area (Å²) in [6.07, 6.45) is 1.85. The fourth-order valence-electron chi connectivity index (χ4n) is 4.56. The molecule has 0 bridgehead atoms. The molecule has 1 unspecified atom stereocenters. The number of likely N-dealkylation sites (tertiary alicyclic amines) is 1. The molecule has 4 rings (SSSR count). The summed E-state index contributed by atoms with van der Waals surface area (Å²) in [4.78, 5) is 7.51. The number of nitrogens with zero attached hydrogens (tertiary/aromatic N) is 2. The van der Waals surface area contributed by atoms with E-state index in [1.54, 1.807) is 7.11 Å². The van der Waals surface area contributed by atoms with Gasteiger partial charge in [-0.3, -0.25) is 4.90 Å². The molecule has 0 radical (unpaired) electrons. The lowest BCUT2D eigenvalue weighted by atomic mass is 9.78. The molecule has 0 aromatic heterocycles. The molecule has 2 aromatic rings. The van der Waals surface area contributed by atoms with Crippen LogP contribution in [0, 0.1) is 17.0 Å². The second-order valence-corrected chi connectivity index (χ2v) is 7.65. The van der Waals surface area contributed by atoms with E-state index < -0.39 is 0 Å². The summed E-state index contributed by atoms with van der Waals surface area (Å²) in [6.45, 7) is 3.47. The van der Waals surface area contributed by atoms with Crippen LogP contribution in [0.25, 0.3) is 0 Å². The standard InChI is InChI=1S/C22H25F2N3O/c1-28-26-20-10-12-25-14-22(20)11-13-27(15-22)21(16-2-6-18(23)7-3-16)17-4-8-19(24)9-5-17/h2-9,21,25H,10-15H2,1H3. The highest BCUT2D eigenvalue weighted by atomic mass is 19.1. The van der Waals surface area contributed by atoms with Crippen molar-refractivity contribution in [3.05, 3.63) is 71.3 Å². The molecule has 2 fully saturated rings. The maximum atomic E-state index is 13.5. The van der Waals surface area contributed by atoms with Crippen LogP contribution in [-0.2, 0) is 4.84 Å². The SMILES string of the molecule is CON=C1CCNCC12CCN(C(c1ccc(F)cc1)c1ccc(F)cc1)C2. The number of benzene rings is 2. The van der Waals surface area contributed by atoms with Gasteiger partial charge in [0.15, 0.2) is 0 Å². The van der Waals surface area contributed by atoms with E-state index in [1.807, 2.05) is 24.3 Å². The first-order valence-electron chi connectivity index (χ1n) is 9.67. The number of rotatable bonds is 4. The van der Waals surface area contributed by atoms with Gasteiger partial charge in [-0.05, 0) is 41.8 Å². The minimum Gasteiger partial charge on any atom is -0.399 e. The second kappa shape index (κ2) is 7.97. The first-order valence-corrected chi connectivity index (χ1v) is 9.67. The van der Waals surface area contributed by atoms with Crippen LogP contribution in [0.3, 0.4) is 0 Å². The summed E-state index contributed by atoms with van der Waals surface area (Å²) in [5, 5.41) is 7.83. The maximum Gasteiger partial charge on any atom is 0.123 e. The highest BCUT2D eigenvalue weighted by molar-refractivity contribution is 5.91. The van der Waals surface area contributed by atoms with E-state index in [-0.39, 0.29) is 23.1 Å². The van der Waals surface area contributed by atoms with Gasteiger partial charge in [0.25, 0.3) is 0 Å². The van der Waals surface area contributed by atoms with E-state index >= 15 is 0 Å². The van der Waals surface area contributed by atoms with Gasteiger partial charge in [-0.15, -0.1) is 0 Å². The third-order valence-corrected chi connectivity index (χ3v) is 5.94. The Bertz CT molecular complexity index is 792. The van der Waals surface area contributed by atoms with Gasteiger partial charge in [0.05, 0.1) is 11.8 Å². The van der Waals surface area contributed by atoms with E-state index in [4.69, 9.17) is 4.84 Å². The summed E-state index contributed by atoms with van der Waals surface area (Å²) in [5.74, 6) is -0.518. The molecule has 0 aliphatic carbocycles. The van der Waals surface area contributed by atoms with Crippen molar-refractivity contribution in [2.75, 3.05) is 33.3 Å². The fourth-order valence-corrected chi connectivity index (χ4v) is 4.56. The van der Waals surface area contributed by atoms with Crippen molar-refractivity contribution in [3.63, 3.8) is 0 Å². The molecule has 2 aromatic carbocycles. The smallest absolute Gasteiger partial charge is 0.123 e. The summed E-state index contributed by atoms with van der Waals surface area (Å²) >= 11 is 0. The summed E-state index contributed by atoms with van der Waals surface area (Å²) < 4.78 is 27.0. The molecular formula is C22H25F2N3O. The lowest BCUT2D eigenvalue weighted by Crippen LogP contribution is -2.49. The van der Waals surface area contributed by atoms with Crippen molar-refractivity contribution >= 4 is 5.71 Å². The largest absolute Gasteiger partial charge is 0.399 e. The zero-order valence-electron chi connectivity index (χ0n) is 16.0. The van der Waals surface area contributed by atoms with Gasteiger partial charge >= 0.3 is 0 Å². The van der Waals surface area contributed by atoms with Crippen molar-refractivity contribution in [3.8, 4) is 0 Å². The predicted octanol–water partition coefficient (Wildman–Crippen LogP) is 3.74. The molecule has 2 heterocycles. The Labute approximate surface area is 164 Å². The molecule has 1 atom stereocenters. The minimum absolute atomic E-state index is 0.0629. The Morgan fingerprint density at radius 1 is 1.04 bits per heavy atom. The molecule has 4 nitrogen and oxygen atoms in total. The van der Waals surface area contributed by atoms with Crippen molar-refractivity contribution < 1.29 is 13.6 Å². The van der Waals surface area contributed by atoms with E-state index in [9.17, 15) is 8.78 Å². The molecule has 0 saturated carbocycles. The van der Waals surface area contributed by atoms with Gasteiger partial charge < -0.3 is 10.2 Å². The lowest BCUT2D eigenvalue weighted by molar-refractivity contribution is 0.198. The van der Waals surface area contributed by atoms with Crippen LogP contribution in [0.4, 0.5) is 8.78 Å². The number of hydrogen-bond donors (Lipinski definition) is 1. The second-order valence-electron chi connectivity index (χ2n) is 7.65. The Hall–Kier alpha value is -2.31. The number of halogens is 2. The van der Waals surface area contributed by atoms with Gasteiger partial charge in [0, 0.05) is 38.0 Å². The van der Waals surface area contributed by atoms with Crippen LogP contribution in [0.1, 0.15) is 30.0 Å². The number of nitrogens with one attached hydrogen (secondary N) is 1. The zero-order chi connectivity index (χ0) is 19.6. The Morgan fingerprint density at radius 2 is 1.64 bits per heavy atom. The Kier molecular flexibility index (Phi) is 5.42. The van der Waals surface area contributed by atoms with E-state index in [1.165, 1.54) is 24.3 Å². The number of piperidine rings is 1. The van der Waals surface area contributed by atoms with Crippen LogP contribution < -0.4 is 5.32 Å². The lowest BCUT2D eigenvalue weighted by Gasteiger charge is -2.36. The van der Waals surface area contributed by atoms with Crippen molar-refractivity contribution in [2.45, 2.75) is 18.9 Å². The first kappa shape index (κ1) is 19.0. The summed E-state index contributed by atoms with van der Waals surface area (Å²) in [7, 11) is 1.59. The highest BCUT2D eigenvalue weighted by Gasteiger charge is 2.46. The molecule has 2 aliphatic rings. The highest BCUT2D eigenvalue weighted by Crippen LogP contribution is 2.41. The van der Waals surface area contributed by atoms with Crippen molar-refractivity contribution in [1.29, 1.82) is 0 Å². The molecule has 6 heteroatoms. The maximum absolute atomic E-state index is 13.5. The van der Waals surface area contributed by atoms with Gasteiger partial charge in [0.1, 0.15) is 18.7 Å². The van der Waals surface area contributed by atoms with Gasteiger partial charge in [0.2, 0.25) is 0 Å². The van der Waals surface area contributed by atoms with Gasteiger partial charge in [-0.25, -0.2) is 8.78 Å². The van der Waals surface area contributed by atoms with Crippen LogP contribution in [-0.4, -0.2) is 43.9 Å². The topological polar surface area (TPSA) is 36.9 Å². The van der Waals surface area contributed by atoms with Crippen LogP contribution in [0.2, 0.25) is 0 Å². The summed E-state index contributed by atoms with van der Waals surface area (Å²) in [5.41, 5.74) is 3.04. The zero-order valence-corrected chi connectivity index (χ0v) is 16.0. The fraction of sp³-hybridized carbons (Fsp3) is 0.409. The van der Waals surface area contributed by atoms with E-state index in [2.05, 4.69) is 15.4 Å². The van der Waals surface area contributed by atoms with Crippen molar-refractivity contribution in [1.82, 2.24) is 10.2 Å². The molecular weight excluding hydrogens is 360 g/mol. The van der Waals surface area contributed by atoms with Crippen molar-refractivity contribution in [2.24, 2.45) is 10.6 Å². The van der Waals surface area contributed by atoms with E-state index in [0.717, 1.165) is 55.9 Å². The third kappa shape index (κ3) is 3.66. The molecule has 1 spiro atoms. The Balaban J connectivity index is 1.68. The minimum atomic E-state index is -0.259. The molecule has 0 amide bonds. The molecule has 2 saturated heterocycles. The summed E-state index contributed by atoms with van der Waals surface area (Å²) in [6, 6.07) is 13.1. The first-order chi connectivity index (χ1) is 13.6. The Morgan fingerprint density at radius 3 is 2.21 bits per heavy atom. The number of oxime groups is 1. The average molecular weight is 385 g/mol. The normalized spacial score (nSPS) is 24.4. The predicted molar refractivity (Wildman–Crippen MR) is 105 cm³/mol. The van der Waals surface area contributed by atoms with Gasteiger partial charge in [-0.1, -0.05) is 29.4 Å². The third-order valence-electron chi connectivity index (χ3n) is 5.94. The molecule has 28 heavy (non-hydrogen) atoms. The quantitative estimate of drug-likeness (QED) is 0.815. The number of hydrogen-bond acceptors (Lipinski definition) is 4. The average Bonchev–Trinajstić information content (AvgIpc) is 3.11. The van der Waals surface area contributed by atoms with Crippen LogP contribution in [0.15, 0.2) is 53.7 Å². The monoisotopic (exact) mass is 385 g/mol. The van der Waals surface area contributed by atoms with Gasteiger partial charge in [-0.2, -0.15) is 0 Å². The molecule has 2 aliphatic heterocycles. The van der Waals surface area contributed by atoms with E-state index in [0.29, 0.717) is 0 Å².